The lowest BCUT2D eigenvalue weighted by Crippen LogP contribution is -2.16. The number of anilines is 1. The Morgan fingerprint density at radius 1 is 1.41 bits per heavy atom. The van der Waals surface area contributed by atoms with E-state index in [1.54, 1.807) is 7.11 Å². The van der Waals surface area contributed by atoms with Gasteiger partial charge in [-0.05, 0) is 0 Å². The average Bonchev–Trinajstić information content (AvgIpc) is 2.33. The Labute approximate surface area is 100 Å². The first-order chi connectivity index (χ1) is 8.26. The van der Waals surface area contributed by atoms with E-state index in [0.717, 1.165) is 0 Å². The maximum absolute atomic E-state index is 11.3. The molecule has 96 valence electrons. The predicted octanol–water partition coefficient (Wildman–Crippen LogP) is 0.407. The number of aromatic nitrogens is 2. The van der Waals surface area contributed by atoms with E-state index in [1.165, 1.54) is 6.07 Å². The molecule has 17 heavy (non-hydrogen) atoms. The van der Waals surface area contributed by atoms with Gasteiger partial charge >= 0.3 is 0 Å². The third-order valence-corrected chi connectivity index (χ3v) is 2.11. The van der Waals surface area contributed by atoms with Gasteiger partial charge in [0.05, 0.1) is 19.8 Å². The second-order valence-corrected chi connectivity index (χ2v) is 3.46. The Balaban J connectivity index is 2.31. The third-order valence-electron chi connectivity index (χ3n) is 2.11. The summed E-state index contributed by atoms with van der Waals surface area (Å²) in [4.78, 5) is 18.2. The lowest BCUT2D eigenvalue weighted by molar-refractivity contribution is 0.0759. The first kappa shape index (κ1) is 13.7. The Hall–Kier alpha value is -1.40. The van der Waals surface area contributed by atoms with Crippen molar-refractivity contribution in [2.45, 2.75) is 13.3 Å². The molecule has 1 rings (SSSR count). The molecular formula is C11H19N3O3. The molecule has 0 fully saturated rings. The zero-order chi connectivity index (χ0) is 12.5. The standard InChI is InChI=1S/C11H19N3O3/c1-3-9-13-10(8-11(15)14-9)12-4-5-17-7-6-16-2/h8H,3-7H2,1-2H3,(H2,12,13,14,15). The van der Waals surface area contributed by atoms with Gasteiger partial charge in [0.25, 0.3) is 5.56 Å². The van der Waals surface area contributed by atoms with E-state index >= 15 is 0 Å². The topological polar surface area (TPSA) is 76.2 Å². The highest BCUT2D eigenvalue weighted by Gasteiger charge is 1.98. The summed E-state index contributed by atoms with van der Waals surface area (Å²) in [6.45, 7) is 4.27. The number of aryl methyl sites for hydroxylation is 1. The van der Waals surface area contributed by atoms with Gasteiger partial charge in [-0.25, -0.2) is 4.98 Å². The fourth-order valence-corrected chi connectivity index (χ4v) is 1.26. The molecule has 0 aromatic carbocycles. The second-order valence-electron chi connectivity index (χ2n) is 3.46. The van der Waals surface area contributed by atoms with Crippen molar-refractivity contribution >= 4 is 5.82 Å². The molecule has 1 aromatic rings. The number of hydrogen-bond donors (Lipinski definition) is 2. The fourth-order valence-electron chi connectivity index (χ4n) is 1.26. The van der Waals surface area contributed by atoms with E-state index in [4.69, 9.17) is 9.47 Å². The van der Waals surface area contributed by atoms with Gasteiger partial charge in [-0.15, -0.1) is 0 Å². The summed E-state index contributed by atoms with van der Waals surface area (Å²) >= 11 is 0. The molecule has 0 aliphatic rings. The van der Waals surface area contributed by atoms with Gasteiger partial charge in [0.15, 0.2) is 0 Å². The molecule has 0 unspecified atom stereocenters. The number of hydrogen-bond acceptors (Lipinski definition) is 5. The zero-order valence-corrected chi connectivity index (χ0v) is 10.3. The van der Waals surface area contributed by atoms with Crippen molar-refractivity contribution in [3.8, 4) is 0 Å². The summed E-state index contributed by atoms with van der Waals surface area (Å²) in [7, 11) is 1.63. The van der Waals surface area contributed by atoms with Crippen LogP contribution in [0.1, 0.15) is 12.7 Å². The van der Waals surface area contributed by atoms with Crippen LogP contribution in [0.5, 0.6) is 0 Å². The molecule has 0 saturated carbocycles. The molecule has 0 saturated heterocycles. The highest BCUT2D eigenvalue weighted by molar-refractivity contribution is 5.32. The van der Waals surface area contributed by atoms with Crippen molar-refractivity contribution in [2.75, 3.05) is 38.8 Å². The summed E-state index contributed by atoms with van der Waals surface area (Å²) in [5.41, 5.74) is -0.139. The van der Waals surface area contributed by atoms with Crippen LogP contribution in [-0.2, 0) is 15.9 Å². The summed E-state index contributed by atoms with van der Waals surface area (Å²) in [6, 6.07) is 1.44. The highest BCUT2D eigenvalue weighted by atomic mass is 16.5. The van der Waals surface area contributed by atoms with Gasteiger partial charge in [-0.3, -0.25) is 4.79 Å². The lowest BCUT2D eigenvalue weighted by atomic mass is 10.4. The van der Waals surface area contributed by atoms with Crippen molar-refractivity contribution in [1.29, 1.82) is 0 Å². The monoisotopic (exact) mass is 241 g/mol. The Kier molecular flexibility index (Phi) is 6.27. The highest BCUT2D eigenvalue weighted by Crippen LogP contribution is 1.98. The minimum atomic E-state index is -0.139. The van der Waals surface area contributed by atoms with E-state index in [1.807, 2.05) is 6.92 Å². The molecule has 6 nitrogen and oxygen atoms in total. The van der Waals surface area contributed by atoms with E-state index in [-0.39, 0.29) is 5.56 Å². The minimum absolute atomic E-state index is 0.139. The van der Waals surface area contributed by atoms with Crippen LogP contribution in [0, 0.1) is 0 Å². The summed E-state index contributed by atoms with van der Waals surface area (Å²) in [5.74, 6) is 1.27. The molecular weight excluding hydrogens is 222 g/mol. The van der Waals surface area contributed by atoms with Gasteiger partial charge in [0, 0.05) is 26.1 Å². The van der Waals surface area contributed by atoms with Crippen molar-refractivity contribution in [3.05, 3.63) is 22.2 Å². The summed E-state index contributed by atoms with van der Waals surface area (Å²) < 4.78 is 10.1. The molecule has 2 N–H and O–H groups in total. The quantitative estimate of drug-likeness (QED) is 0.645. The smallest absolute Gasteiger partial charge is 0.252 e. The molecule has 0 amide bonds. The van der Waals surface area contributed by atoms with Crippen molar-refractivity contribution in [1.82, 2.24) is 9.97 Å². The Morgan fingerprint density at radius 3 is 2.94 bits per heavy atom. The molecule has 0 atom stereocenters. The summed E-state index contributed by atoms with van der Waals surface area (Å²) in [6.07, 6.45) is 0.703. The van der Waals surface area contributed by atoms with Gasteiger partial charge in [0.2, 0.25) is 0 Å². The normalized spacial score (nSPS) is 10.5. The SMILES string of the molecule is CCc1nc(NCCOCCOC)cc(=O)[nH]1. The van der Waals surface area contributed by atoms with Crippen LogP contribution < -0.4 is 10.9 Å². The molecule has 0 aliphatic heterocycles. The van der Waals surface area contributed by atoms with Crippen LogP contribution in [0.3, 0.4) is 0 Å². The number of H-pyrrole nitrogens is 1. The molecule has 0 radical (unpaired) electrons. The van der Waals surface area contributed by atoms with Crippen LogP contribution in [0.4, 0.5) is 5.82 Å². The zero-order valence-electron chi connectivity index (χ0n) is 10.3. The average molecular weight is 241 g/mol. The maximum atomic E-state index is 11.3. The number of nitrogens with one attached hydrogen (secondary N) is 2. The number of nitrogens with zero attached hydrogens (tertiary/aromatic N) is 1. The predicted molar refractivity (Wildman–Crippen MR) is 65.4 cm³/mol. The molecule has 0 bridgehead atoms. The van der Waals surface area contributed by atoms with Crippen molar-refractivity contribution < 1.29 is 9.47 Å². The van der Waals surface area contributed by atoms with Gasteiger partial charge in [0.1, 0.15) is 11.6 Å². The van der Waals surface area contributed by atoms with E-state index in [0.29, 0.717) is 44.4 Å². The number of methoxy groups -OCH3 is 1. The van der Waals surface area contributed by atoms with Gasteiger partial charge in [-0.2, -0.15) is 0 Å². The molecule has 0 aliphatic carbocycles. The van der Waals surface area contributed by atoms with E-state index in [9.17, 15) is 4.79 Å². The second kappa shape index (κ2) is 7.81. The van der Waals surface area contributed by atoms with Gasteiger partial charge in [-0.1, -0.05) is 6.92 Å². The number of ether oxygens (including phenoxy) is 2. The Morgan fingerprint density at radius 2 is 2.24 bits per heavy atom. The summed E-state index contributed by atoms with van der Waals surface area (Å²) in [5, 5.41) is 3.04. The number of rotatable bonds is 8. The first-order valence-corrected chi connectivity index (χ1v) is 5.67. The third kappa shape index (κ3) is 5.46. The lowest BCUT2D eigenvalue weighted by Gasteiger charge is -2.07. The molecule has 6 heteroatoms. The van der Waals surface area contributed by atoms with Crippen LogP contribution in [0.2, 0.25) is 0 Å². The van der Waals surface area contributed by atoms with Crippen LogP contribution >= 0.6 is 0 Å². The minimum Gasteiger partial charge on any atom is -0.382 e. The van der Waals surface area contributed by atoms with Crippen LogP contribution in [-0.4, -0.2) is 43.4 Å². The number of aromatic amines is 1. The van der Waals surface area contributed by atoms with E-state index < -0.39 is 0 Å². The molecule has 1 aromatic heterocycles. The molecule has 0 spiro atoms. The Bertz CT molecular complexity index is 378. The van der Waals surface area contributed by atoms with Crippen molar-refractivity contribution in [3.63, 3.8) is 0 Å². The van der Waals surface area contributed by atoms with Crippen molar-refractivity contribution in [2.24, 2.45) is 0 Å². The largest absolute Gasteiger partial charge is 0.382 e. The van der Waals surface area contributed by atoms with E-state index in [2.05, 4.69) is 15.3 Å². The molecule has 1 heterocycles. The maximum Gasteiger partial charge on any atom is 0.252 e. The first-order valence-electron chi connectivity index (χ1n) is 5.67. The van der Waals surface area contributed by atoms with Gasteiger partial charge < -0.3 is 19.8 Å². The van der Waals surface area contributed by atoms with Crippen LogP contribution in [0.25, 0.3) is 0 Å². The van der Waals surface area contributed by atoms with Crippen LogP contribution in [0.15, 0.2) is 10.9 Å². The fraction of sp³-hybridized carbons (Fsp3) is 0.636.